The molecule has 0 spiro atoms. The topological polar surface area (TPSA) is 67.4 Å². The first kappa shape index (κ1) is 28.9. The molecule has 0 heterocycles. The zero-order chi connectivity index (χ0) is 28.9. The van der Waals surface area contributed by atoms with E-state index in [0.717, 1.165) is 68.0 Å². The molecule has 2 aliphatic carbocycles. The van der Waals surface area contributed by atoms with Crippen molar-refractivity contribution in [2.45, 2.75) is 61.8 Å². The summed E-state index contributed by atoms with van der Waals surface area (Å²) in [5.41, 5.74) is 4.25. The van der Waals surface area contributed by atoms with E-state index in [4.69, 9.17) is 4.74 Å². The molecule has 6 heteroatoms. The Morgan fingerprint density at radius 2 is 1.48 bits per heavy atom. The summed E-state index contributed by atoms with van der Waals surface area (Å²) in [5.74, 6) is 2.39. The van der Waals surface area contributed by atoms with Gasteiger partial charge < -0.3 is 10.1 Å². The van der Waals surface area contributed by atoms with Crippen LogP contribution in [0.5, 0.6) is 5.75 Å². The Bertz CT molecular complexity index is 1600. The van der Waals surface area contributed by atoms with Crippen LogP contribution in [-0.4, -0.2) is 34.7 Å². The van der Waals surface area contributed by atoms with Gasteiger partial charge in [-0.05, 0) is 115 Å². The van der Waals surface area contributed by atoms with Crippen molar-refractivity contribution in [3.63, 3.8) is 0 Å². The van der Waals surface area contributed by atoms with Crippen molar-refractivity contribution in [3.8, 4) is 5.75 Å². The van der Waals surface area contributed by atoms with E-state index in [0.29, 0.717) is 35.2 Å². The van der Waals surface area contributed by atoms with Gasteiger partial charge in [0.1, 0.15) is 5.75 Å². The van der Waals surface area contributed by atoms with Crippen molar-refractivity contribution < 1.29 is 13.2 Å². The van der Waals surface area contributed by atoms with E-state index < -0.39 is 10.0 Å². The number of fused-ring (bicyclic) bond motifs is 2. The van der Waals surface area contributed by atoms with Crippen LogP contribution in [-0.2, 0) is 22.9 Å². The summed E-state index contributed by atoms with van der Waals surface area (Å²) < 4.78 is 34.5. The van der Waals surface area contributed by atoms with Crippen LogP contribution in [0.15, 0.2) is 95.9 Å². The van der Waals surface area contributed by atoms with Gasteiger partial charge in [0.15, 0.2) is 0 Å². The number of nitrogens with one attached hydrogen (secondary N) is 2. The van der Waals surface area contributed by atoms with E-state index in [1.807, 2.05) is 30.3 Å². The predicted octanol–water partition coefficient (Wildman–Crippen LogP) is 6.86. The van der Waals surface area contributed by atoms with E-state index in [1.165, 1.54) is 16.7 Å². The molecule has 220 valence electrons. The van der Waals surface area contributed by atoms with E-state index in [-0.39, 0.29) is 0 Å². The van der Waals surface area contributed by atoms with Crippen LogP contribution in [0.1, 0.15) is 54.7 Å². The number of methoxy groups -OCH3 is 1. The minimum atomic E-state index is -3.52. The molecule has 2 aliphatic rings. The molecule has 0 aliphatic heterocycles. The van der Waals surface area contributed by atoms with Crippen molar-refractivity contribution in [3.05, 3.63) is 108 Å². The molecule has 0 saturated heterocycles. The Morgan fingerprint density at radius 1 is 0.762 bits per heavy atom. The summed E-state index contributed by atoms with van der Waals surface area (Å²) in [6.45, 7) is 1.54. The Kier molecular flexibility index (Phi) is 8.94. The van der Waals surface area contributed by atoms with Crippen molar-refractivity contribution in [2.24, 2.45) is 11.8 Å². The number of aryl methyl sites for hydroxylation is 1. The highest BCUT2D eigenvalue weighted by molar-refractivity contribution is 7.89. The third kappa shape index (κ3) is 6.72. The Hall–Kier alpha value is -3.19. The maximum absolute atomic E-state index is 13.0. The van der Waals surface area contributed by atoms with Crippen molar-refractivity contribution in [1.82, 2.24) is 10.0 Å². The Labute approximate surface area is 250 Å². The summed E-state index contributed by atoms with van der Waals surface area (Å²) in [7, 11) is -1.78. The Morgan fingerprint density at radius 3 is 2.24 bits per heavy atom. The molecular weight excluding hydrogens is 540 g/mol. The van der Waals surface area contributed by atoms with Crippen molar-refractivity contribution in [1.29, 1.82) is 0 Å². The predicted molar refractivity (Wildman–Crippen MR) is 171 cm³/mol. The molecule has 0 unspecified atom stereocenters. The second-order valence-corrected chi connectivity index (χ2v) is 13.9. The third-order valence-electron chi connectivity index (χ3n) is 9.49. The molecule has 1 saturated carbocycles. The summed E-state index contributed by atoms with van der Waals surface area (Å²) in [5, 5.41) is 5.99. The van der Waals surface area contributed by atoms with Gasteiger partial charge in [-0.25, -0.2) is 13.1 Å². The van der Waals surface area contributed by atoms with Gasteiger partial charge >= 0.3 is 0 Å². The molecule has 0 aromatic heterocycles. The molecule has 2 atom stereocenters. The van der Waals surface area contributed by atoms with Crippen LogP contribution < -0.4 is 14.8 Å². The van der Waals surface area contributed by atoms with Gasteiger partial charge in [-0.1, -0.05) is 66.7 Å². The second kappa shape index (κ2) is 13.0. The molecule has 4 aromatic rings. The molecular formula is C36H42N2O3S. The Balaban J connectivity index is 1.03. The average molecular weight is 583 g/mol. The molecule has 2 N–H and O–H groups in total. The van der Waals surface area contributed by atoms with Crippen LogP contribution in [0.4, 0.5) is 0 Å². The lowest BCUT2D eigenvalue weighted by Crippen LogP contribution is -2.42. The number of hydrogen-bond acceptors (Lipinski definition) is 4. The quantitative estimate of drug-likeness (QED) is 0.214. The monoisotopic (exact) mass is 582 g/mol. The van der Waals surface area contributed by atoms with Gasteiger partial charge in [0, 0.05) is 18.5 Å². The van der Waals surface area contributed by atoms with Crippen LogP contribution in [0.25, 0.3) is 10.8 Å². The molecule has 6 rings (SSSR count). The lowest BCUT2D eigenvalue weighted by Gasteiger charge is -2.37. The highest BCUT2D eigenvalue weighted by atomic mass is 32.2. The normalized spacial score (nSPS) is 22.5. The highest BCUT2D eigenvalue weighted by Crippen LogP contribution is 2.37. The van der Waals surface area contributed by atoms with E-state index in [1.54, 1.807) is 19.2 Å². The fourth-order valence-corrected chi connectivity index (χ4v) is 8.14. The standard InChI is InChI=1S/C36H42N2O3S/c1-41-32-17-19-34-31(22-32)16-20-36(35(34)21-26-7-3-2-4-8-26)37-24-27-11-13-28(14-12-27)25-38-42(39,40)33-18-15-29-9-5-6-10-30(29)23-33/h2-10,15,17-19,22-23,27-28,35-38H,11-14,16,20-21,24-25H2,1H3/t27?,28?,35-,36+/m0/s1. The van der Waals surface area contributed by atoms with E-state index in [9.17, 15) is 8.42 Å². The molecule has 0 bridgehead atoms. The van der Waals surface area contributed by atoms with Crippen molar-refractivity contribution in [2.75, 3.05) is 20.2 Å². The summed E-state index contributed by atoms with van der Waals surface area (Å²) >= 11 is 0. The summed E-state index contributed by atoms with van der Waals surface area (Å²) in [6.07, 6.45) is 7.63. The first-order chi connectivity index (χ1) is 20.5. The minimum absolute atomic E-state index is 0.344. The smallest absolute Gasteiger partial charge is 0.240 e. The van der Waals surface area contributed by atoms with Gasteiger partial charge in [0.05, 0.1) is 12.0 Å². The SMILES string of the molecule is COc1ccc2c(c1)CC[C@@H](NCC1CCC(CNS(=O)(=O)c3ccc4ccccc4c3)CC1)[C@H]2Cc1ccccc1. The fraction of sp³-hybridized carbons (Fsp3) is 0.389. The van der Waals surface area contributed by atoms with E-state index in [2.05, 4.69) is 58.6 Å². The molecule has 42 heavy (non-hydrogen) atoms. The van der Waals surface area contributed by atoms with Crippen LogP contribution in [0.3, 0.4) is 0 Å². The zero-order valence-corrected chi connectivity index (χ0v) is 25.3. The number of benzene rings is 4. The molecule has 1 fully saturated rings. The average Bonchev–Trinajstić information content (AvgIpc) is 3.04. The highest BCUT2D eigenvalue weighted by Gasteiger charge is 2.31. The molecule has 4 aromatic carbocycles. The molecule has 0 radical (unpaired) electrons. The van der Waals surface area contributed by atoms with Gasteiger partial charge in [-0.2, -0.15) is 0 Å². The first-order valence-corrected chi connectivity index (χ1v) is 16.9. The van der Waals surface area contributed by atoms with Gasteiger partial charge in [0.2, 0.25) is 10.0 Å². The number of rotatable bonds is 10. The minimum Gasteiger partial charge on any atom is -0.497 e. The maximum atomic E-state index is 13.0. The maximum Gasteiger partial charge on any atom is 0.240 e. The largest absolute Gasteiger partial charge is 0.497 e. The lowest BCUT2D eigenvalue weighted by atomic mass is 9.75. The number of ether oxygens (including phenoxy) is 1. The van der Waals surface area contributed by atoms with Crippen LogP contribution in [0, 0.1) is 11.8 Å². The molecule has 0 amide bonds. The number of hydrogen-bond donors (Lipinski definition) is 2. The third-order valence-corrected chi connectivity index (χ3v) is 10.9. The van der Waals surface area contributed by atoms with Gasteiger partial charge in [-0.15, -0.1) is 0 Å². The fourth-order valence-electron chi connectivity index (χ4n) is 6.98. The van der Waals surface area contributed by atoms with Crippen LogP contribution in [0.2, 0.25) is 0 Å². The number of sulfonamides is 1. The first-order valence-electron chi connectivity index (χ1n) is 15.4. The van der Waals surface area contributed by atoms with Gasteiger partial charge in [-0.3, -0.25) is 0 Å². The second-order valence-electron chi connectivity index (χ2n) is 12.2. The zero-order valence-electron chi connectivity index (χ0n) is 24.5. The lowest BCUT2D eigenvalue weighted by molar-refractivity contribution is 0.252. The van der Waals surface area contributed by atoms with Crippen LogP contribution >= 0.6 is 0 Å². The summed E-state index contributed by atoms with van der Waals surface area (Å²) in [6, 6.07) is 31.1. The molecule has 5 nitrogen and oxygen atoms in total. The van der Waals surface area contributed by atoms with Gasteiger partial charge in [0.25, 0.3) is 0 Å². The summed E-state index contributed by atoms with van der Waals surface area (Å²) in [4.78, 5) is 0.344. The van der Waals surface area contributed by atoms with Crippen molar-refractivity contribution >= 4 is 20.8 Å². The van der Waals surface area contributed by atoms with E-state index >= 15 is 0 Å².